The minimum absolute atomic E-state index is 0.120. The number of ether oxygens (including phenoxy) is 2. The summed E-state index contributed by atoms with van der Waals surface area (Å²) in [7, 11) is 0.617. The number of aryl methyl sites for hydroxylation is 2. The van der Waals surface area contributed by atoms with Crippen molar-refractivity contribution in [2.24, 2.45) is 0 Å². The molecule has 0 amide bonds. The van der Waals surface area contributed by atoms with Gasteiger partial charge in [0, 0.05) is 26.3 Å². The van der Waals surface area contributed by atoms with Crippen molar-refractivity contribution in [1.82, 2.24) is 18.8 Å². The molecule has 0 atom stereocenters. The maximum absolute atomic E-state index is 12.8. The van der Waals surface area contributed by atoms with Crippen LogP contribution in [0, 0.1) is 6.92 Å². The Morgan fingerprint density at radius 1 is 1.18 bits per heavy atom. The highest BCUT2D eigenvalue weighted by molar-refractivity contribution is 7.89. The Labute approximate surface area is 192 Å². The maximum atomic E-state index is 12.8. The molecule has 0 spiro atoms. The molecular weight excluding hydrogens is 448 g/mol. The maximum Gasteiger partial charge on any atom is 0.355 e. The Kier molecular flexibility index (Phi) is 6.94. The second kappa shape index (κ2) is 9.36. The Morgan fingerprint density at radius 2 is 1.88 bits per heavy atom. The molecule has 11 heteroatoms. The number of sulfonamides is 1. The van der Waals surface area contributed by atoms with Crippen LogP contribution in [0.4, 0.5) is 0 Å². The van der Waals surface area contributed by atoms with Gasteiger partial charge in [-0.15, -0.1) is 0 Å². The fourth-order valence-corrected chi connectivity index (χ4v) is 4.62. The zero-order valence-corrected chi connectivity index (χ0v) is 20.4. The van der Waals surface area contributed by atoms with E-state index < -0.39 is 22.0 Å². The molecule has 0 saturated carbocycles. The fraction of sp³-hybridized carbons (Fsp3) is 0.409. The van der Waals surface area contributed by atoms with E-state index in [1.54, 1.807) is 13.0 Å². The number of methoxy groups -OCH3 is 1. The zero-order valence-electron chi connectivity index (χ0n) is 19.6. The van der Waals surface area contributed by atoms with Gasteiger partial charge < -0.3 is 19.0 Å². The van der Waals surface area contributed by atoms with Crippen LogP contribution in [0.25, 0.3) is 11.0 Å². The molecule has 0 radical (unpaired) electrons. The summed E-state index contributed by atoms with van der Waals surface area (Å²) in [4.78, 5) is 32.5. The molecule has 3 aromatic rings. The number of fused-ring (bicyclic) bond motifs is 1. The number of hydrogen-bond acceptors (Lipinski definition) is 7. The van der Waals surface area contributed by atoms with Gasteiger partial charge >= 0.3 is 11.9 Å². The van der Waals surface area contributed by atoms with Gasteiger partial charge in [-0.2, -0.15) is 0 Å². The molecule has 0 fully saturated rings. The first-order chi connectivity index (χ1) is 15.6. The van der Waals surface area contributed by atoms with E-state index in [0.29, 0.717) is 41.1 Å². The highest BCUT2D eigenvalue weighted by atomic mass is 32.2. The van der Waals surface area contributed by atoms with Crippen LogP contribution in [0.15, 0.2) is 23.1 Å². The third-order valence-corrected chi connectivity index (χ3v) is 7.31. The smallest absolute Gasteiger partial charge is 0.355 e. The molecule has 0 unspecified atom stereocenters. The lowest BCUT2D eigenvalue weighted by Gasteiger charge is -2.11. The van der Waals surface area contributed by atoms with Crippen LogP contribution in [0.3, 0.4) is 0 Å². The molecule has 0 saturated heterocycles. The lowest BCUT2D eigenvalue weighted by Crippen LogP contribution is -2.22. The lowest BCUT2D eigenvalue weighted by atomic mass is 10.1. The molecule has 1 N–H and O–H groups in total. The fourth-order valence-electron chi connectivity index (χ4n) is 3.70. The van der Waals surface area contributed by atoms with Gasteiger partial charge in [0.2, 0.25) is 10.0 Å². The van der Waals surface area contributed by atoms with E-state index in [0.717, 1.165) is 9.82 Å². The van der Waals surface area contributed by atoms with Gasteiger partial charge in [-0.1, -0.05) is 6.92 Å². The average Bonchev–Trinajstić information content (AvgIpc) is 3.32. The van der Waals surface area contributed by atoms with Gasteiger partial charge in [0.05, 0.1) is 28.6 Å². The van der Waals surface area contributed by atoms with Crippen molar-refractivity contribution in [3.05, 3.63) is 46.5 Å². The molecule has 0 bridgehead atoms. The number of nitrogens with one attached hydrogen (secondary N) is 1. The van der Waals surface area contributed by atoms with Gasteiger partial charge in [0.25, 0.3) is 0 Å². The third kappa shape index (κ3) is 4.38. The number of rotatable bonds is 8. The molecule has 2 aromatic heterocycles. The highest BCUT2D eigenvalue weighted by Crippen LogP contribution is 2.24. The molecule has 33 heavy (non-hydrogen) atoms. The number of H-pyrrole nitrogens is 1. The zero-order chi connectivity index (χ0) is 24.5. The highest BCUT2D eigenvalue weighted by Gasteiger charge is 2.25. The van der Waals surface area contributed by atoms with Crippen molar-refractivity contribution in [3.8, 4) is 0 Å². The molecule has 0 aliphatic carbocycles. The molecule has 1 aromatic carbocycles. The number of esters is 2. The van der Waals surface area contributed by atoms with Crippen LogP contribution in [-0.2, 0) is 39.1 Å². The minimum Gasteiger partial charge on any atom is -0.465 e. The molecule has 178 valence electrons. The first-order valence-electron chi connectivity index (χ1n) is 10.4. The Hall–Kier alpha value is -3.18. The van der Waals surface area contributed by atoms with Gasteiger partial charge in [-0.3, -0.25) is 0 Å². The van der Waals surface area contributed by atoms with E-state index in [1.165, 1.54) is 33.3 Å². The molecule has 0 aliphatic rings. The largest absolute Gasteiger partial charge is 0.465 e. The van der Waals surface area contributed by atoms with E-state index in [1.807, 2.05) is 18.4 Å². The van der Waals surface area contributed by atoms with Gasteiger partial charge in [-0.25, -0.2) is 27.3 Å². The summed E-state index contributed by atoms with van der Waals surface area (Å²) >= 11 is 0. The SMILES string of the molecule is CCc1[nH]c(C(=O)OCc2nc3cc(S(=O)(=O)N(C)C)ccc3n2CC)c(C)c1C(=O)OC. The number of carbonyl (C=O) groups excluding carboxylic acids is 2. The second-order valence-electron chi connectivity index (χ2n) is 7.61. The van der Waals surface area contributed by atoms with Gasteiger partial charge in [0.1, 0.15) is 18.1 Å². The summed E-state index contributed by atoms with van der Waals surface area (Å²) in [5.41, 5.74) is 2.81. The van der Waals surface area contributed by atoms with Gasteiger partial charge in [-0.05, 0) is 44.0 Å². The van der Waals surface area contributed by atoms with E-state index >= 15 is 0 Å². The minimum atomic E-state index is -3.60. The van der Waals surface area contributed by atoms with Crippen molar-refractivity contribution in [1.29, 1.82) is 0 Å². The van der Waals surface area contributed by atoms with E-state index in [2.05, 4.69) is 9.97 Å². The van der Waals surface area contributed by atoms with Crippen molar-refractivity contribution in [2.75, 3.05) is 21.2 Å². The topological polar surface area (TPSA) is 124 Å². The van der Waals surface area contributed by atoms with E-state index in [4.69, 9.17) is 9.47 Å². The molecule has 2 heterocycles. The predicted molar refractivity (Wildman–Crippen MR) is 122 cm³/mol. The van der Waals surface area contributed by atoms with Crippen LogP contribution in [0.2, 0.25) is 0 Å². The summed E-state index contributed by atoms with van der Waals surface area (Å²) in [6, 6.07) is 4.73. The van der Waals surface area contributed by atoms with E-state index in [-0.39, 0.29) is 17.2 Å². The summed E-state index contributed by atoms with van der Waals surface area (Å²) in [6.45, 7) is 5.87. The normalized spacial score (nSPS) is 11.8. The van der Waals surface area contributed by atoms with Crippen LogP contribution in [-0.4, -0.2) is 60.4 Å². The summed E-state index contributed by atoms with van der Waals surface area (Å²) in [5, 5.41) is 0. The molecular formula is C22H28N4O6S. The van der Waals surface area contributed by atoms with Crippen LogP contribution >= 0.6 is 0 Å². The molecule has 10 nitrogen and oxygen atoms in total. The monoisotopic (exact) mass is 476 g/mol. The van der Waals surface area contributed by atoms with Crippen molar-refractivity contribution in [2.45, 2.75) is 45.2 Å². The number of benzene rings is 1. The number of nitrogens with zero attached hydrogens (tertiary/aromatic N) is 3. The van der Waals surface area contributed by atoms with Gasteiger partial charge in [0.15, 0.2) is 0 Å². The summed E-state index contributed by atoms with van der Waals surface area (Å²) < 4.78 is 38.2. The molecule has 0 aliphatic heterocycles. The number of aromatic nitrogens is 3. The van der Waals surface area contributed by atoms with E-state index in [9.17, 15) is 18.0 Å². The summed E-state index contributed by atoms with van der Waals surface area (Å²) in [6.07, 6.45) is 0.516. The number of imidazole rings is 1. The molecule has 3 rings (SSSR count). The van der Waals surface area contributed by atoms with Crippen LogP contribution < -0.4 is 0 Å². The van der Waals surface area contributed by atoms with Crippen molar-refractivity contribution >= 4 is 33.0 Å². The third-order valence-electron chi connectivity index (χ3n) is 5.50. The quantitative estimate of drug-likeness (QED) is 0.496. The number of aromatic amines is 1. The predicted octanol–water partition coefficient (Wildman–Crippen LogP) is 2.65. The number of hydrogen-bond donors (Lipinski definition) is 1. The number of carbonyl (C=O) groups is 2. The Morgan fingerprint density at radius 3 is 2.45 bits per heavy atom. The first kappa shape index (κ1) is 24.5. The second-order valence-corrected chi connectivity index (χ2v) is 9.76. The lowest BCUT2D eigenvalue weighted by molar-refractivity contribution is 0.0451. The Balaban J connectivity index is 1.90. The average molecular weight is 477 g/mol. The van der Waals surface area contributed by atoms with Crippen molar-refractivity contribution in [3.63, 3.8) is 0 Å². The Bertz CT molecular complexity index is 1320. The van der Waals surface area contributed by atoms with Crippen LogP contribution in [0.1, 0.15) is 51.8 Å². The first-order valence-corrected chi connectivity index (χ1v) is 11.9. The standard InChI is InChI=1S/C22H28N4O6S/c1-7-15-19(21(27)31-6)13(3)20(24-15)22(28)32-12-18-23-16-11-14(33(29,30)25(4)5)9-10-17(16)26(18)8-2/h9-11,24H,7-8,12H2,1-6H3. The van der Waals surface area contributed by atoms with Crippen molar-refractivity contribution < 1.29 is 27.5 Å². The van der Waals surface area contributed by atoms with Crippen LogP contribution in [0.5, 0.6) is 0 Å². The summed E-state index contributed by atoms with van der Waals surface area (Å²) in [5.74, 6) is -0.660.